The van der Waals surface area contributed by atoms with Crippen molar-refractivity contribution in [2.24, 2.45) is 0 Å². The summed E-state index contributed by atoms with van der Waals surface area (Å²) in [5, 5.41) is 2.10. The van der Waals surface area contributed by atoms with Gasteiger partial charge in [-0.2, -0.15) is 0 Å². The molecular formula is C23H22Br2F2N2O2S2. The molecule has 4 rings (SSSR count). The minimum atomic E-state index is -4.05. The maximum atomic E-state index is 14.6. The van der Waals surface area contributed by atoms with E-state index in [-0.39, 0.29) is 8.95 Å². The van der Waals surface area contributed by atoms with E-state index < -0.39 is 31.6 Å². The Labute approximate surface area is 213 Å². The molecule has 10 heteroatoms. The van der Waals surface area contributed by atoms with E-state index in [1.54, 1.807) is 0 Å². The van der Waals surface area contributed by atoms with Gasteiger partial charge in [-0.1, -0.05) is 18.2 Å². The Kier molecular flexibility index (Phi) is 7.29. The highest BCUT2D eigenvalue weighted by Crippen LogP contribution is 2.37. The van der Waals surface area contributed by atoms with Gasteiger partial charge < -0.3 is 4.90 Å². The molecule has 1 aliphatic rings. The molecule has 0 saturated carbocycles. The summed E-state index contributed by atoms with van der Waals surface area (Å²) in [6.45, 7) is 5.15. The van der Waals surface area contributed by atoms with Crippen LogP contribution in [0.5, 0.6) is 0 Å². The maximum absolute atomic E-state index is 14.6. The summed E-state index contributed by atoms with van der Waals surface area (Å²) in [6.07, 6.45) is 1.37. The van der Waals surface area contributed by atoms with Gasteiger partial charge in [0.2, 0.25) is 0 Å². The summed E-state index contributed by atoms with van der Waals surface area (Å²) >= 11 is 7.36. The van der Waals surface area contributed by atoms with E-state index in [0.717, 1.165) is 23.3 Å². The molecule has 0 atom stereocenters. The normalized spacial score (nSPS) is 15.3. The largest absolute Gasteiger partial charge is 0.348 e. The monoisotopic (exact) mass is 618 g/mol. The summed E-state index contributed by atoms with van der Waals surface area (Å²) in [7, 11) is -4.05. The van der Waals surface area contributed by atoms with Crippen LogP contribution in [-0.2, 0) is 16.3 Å². The predicted octanol–water partition coefficient (Wildman–Crippen LogP) is 6.60. The van der Waals surface area contributed by atoms with E-state index in [2.05, 4.69) is 68.8 Å². The van der Waals surface area contributed by atoms with E-state index in [0.29, 0.717) is 25.9 Å². The molecule has 0 amide bonds. The third-order valence-corrected chi connectivity index (χ3v) is 10.9. The highest BCUT2D eigenvalue weighted by molar-refractivity contribution is 9.11. The molecule has 2 heterocycles. The Hall–Kier alpha value is -1.36. The molecule has 0 radical (unpaired) electrons. The van der Waals surface area contributed by atoms with Crippen molar-refractivity contribution in [1.82, 2.24) is 4.98 Å². The van der Waals surface area contributed by atoms with Gasteiger partial charge in [-0.25, -0.2) is 22.2 Å². The van der Waals surface area contributed by atoms with Gasteiger partial charge >= 0.3 is 0 Å². The minimum Gasteiger partial charge on any atom is -0.348 e. The number of nitrogens with zero attached hydrogens (tertiary/aromatic N) is 2. The Morgan fingerprint density at radius 3 is 2.48 bits per heavy atom. The number of rotatable bonds is 5. The SMILES string of the molecule is Cc1ccc(Cc2csc(N3CCC(S(=O)(=O)c4c(F)c(Br)cc(F)c4Br)CC3)n2)cc1C. The second-order valence-corrected chi connectivity index (χ2v) is 12.9. The van der Waals surface area contributed by atoms with Crippen molar-refractivity contribution >= 4 is 58.2 Å². The third-order valence-electron chi connectivity index (χ3n) is 6.00. The summed E-state index contributed by atoms with van der Waals surface area (Å²) in [5.41, 5.74) is 4.69. The smallest absolute Gasteiger partial charge is 0.185 e. The zero-order chi connectivity index (χ0) is 23.9. The zero-order valence-electron chi connectivity index (χ0n) is 18.0. The van der Waals surface area contributed by atoms with Gasteiger partial charge in [0, 0.05) is 24.9 Å². The second-order valence-electron chi connectivity index (χ2n) is 8.25. The topological polar surface area (TPSA) is 50.3 Å². The molecule has 3 aromatic rings. The molecule has 0 bridgehead atoms. The molecule has 1 aliphatic heterocycles. The van der Waals surface area contributed by atoms with Gasteiger partial charge in [-0.3, -0.25) is 0 Å². The van der Waals surface area contributed by atoms with Crippen LogP contribution in [0, 0.1) is 25.5 Å². The fraction of sp³-hybridized carbons (Fsp3) is 0.348. The molecule has 0 aliphatic carbocycles. The fourth-order valence-electron chi connectivity index (χ4n) is 3.97. The molecule has 2 aromatic carbocycles. The quantitative estimate of drug-likeness (QED) is 0.302. The van der Waals surface area contributed by atoms with Crippen molar-refractivity contribution in [3.8, 4) is 0 Å². The lowest BCUT2D eigenvalue weighted by Crippen LogP contribution is -2.39. The first-order valence-corrected chi connectivity index (χ1v) is 14.4. The number of piperidine rings is 1. The zero-order valence-corrected chi connectivity index (χ0v) is 22.8. The number of hydrogen-bond acceptors (Lipinski definition) is 5. The van der Waals surface area contributed by atoms with E-state index in [1.165, 1.54) is 28.0 Å². The van der Waals surface area contributed by atoms with Gasteiger partial charge in [0.25, 0.3) is 0 Å². The molecule has 33 heavy (non-hydrogen) atoms. The Bertz CT molecular complexity index is 1280. The maximum Gasteiger partial charge on any atom is 0.185 e. The van der Waals surface area contributed by atoms with Crippen molar-refractivity contribution in [1.29, 1.82) is 0 Å². The summed E-state index contributed by atoms with van der Waals surface area (Å²) < 4.78 is 54.4. The standard InChI is InChI=1S/C23H22Br2F2N2O2S2/c1-13-3-4-15(9-14(13)2)10-16-12-32-23(28-16)29-7-5-17(6-8-29)33(30,31)22-20(25)19(26)11-18(24)21(22)27/h3-4,9,11-12,17H,5-8,10H2,1-2H3. The highest BCUT2D eigenvalue weighted by atomic mass is 79.9. The number of anilines is 1. The van der Waals surface area contributed by atoms with Gasteiger partial charge in [0.1, 0.15) is 10.7 Å². The van der Waals surface area contributed by atoms with Crippen LogP contribution in [0.2, 0.25) is 0 Å². The van der Waals surface area contributed by atoms with Gasteiger partial charge in [0.15, 0.2) is 20.8 Å². The summed E-state index contributed by atoms with van der Waals surface area (Å²) in [5.74, 6) is -1.79. The molecule has 0 spiro atoms. The molecule has 0 N–H and O–H groups in total. The number of hydrogen-bond donors (Lipinski definition) is 0. The molecule has 176 valence electrons. The van der Waals surface area contributed by atoms with E-state index >= 15 is 0 Å². The predicted molar refractivity (Wildman–Crippen MR) is 135 cm³/mol. The number of thiazole rings is 1. The van der Waals surface area contributed by atoms with Crippen LogP contribution < -0.4 is 4.90 Å². The fourth-order valence-corrected chi connectivity index (χ4v) is 8.22. The molecule has 4 nitrogen and oxygen atoms in total. The van der Waals surface area contributed by atoms with E-state index in [9.17, 15) is 17.2 Å². The number of aryl methyl sites for hydroxylation is 2. The van der Waals surface area contributed by atoms with E-state index in [1.807, 2.05) is 5.38 Å². The average Bonchev–Trinajstić information content (AvgIpc) is 3.23. The molecule has 0 unspecified atom stereocenters. The first kappa shape index (κ1) is 24.8. The average molecular weight is 620 g/mol. The van der Waals surface area contributed by atoms with Crippen LogP contribution in [0.1, 0.15) is 35.2 Å². The number of benzene rings is 2. The van der Waals surface area contributed by atoms with Crippen LogP contribution >= 0.6 is 43.2 Å². The van der Waals surface area contributed by atoms with Crippen molar-refractivity contribution in [3.63, 3.8) is 0 Å². The lowest BCUT2D eigenvalue weighted by Gasteiger charge is -2.31. The first-order valence-electron chi connectivity index (χ1n) is 10.4. The highest BCUT2D eigenvalue weighted by Gasteiger charge is 2.36. The summed E-state index contributed by atoms with van der Waals surface area (Å²) in [6, 6.07) is 7.31. The Morgan fingerprint density at radius 1 is 1.12 bits per heavy atom. The number of aromatic nitrogens is 1. The molecule has 1 saturated heterocycles. The van der Waals surface area contributed by atoms with Crippen molar-refractivity contribution in [3.05, 3.63) is 72.6 Å². The first-order chi connectivity index (χ1) is 15.6. The molecule has 1 fully saturated rings. The van der Waals surface area contributed by atoms with Crippen LogP contribution in [0.15, 0.2) is 43.5 Å². The Balaban J connectivity index is 1.46. The number of sulfone groups is 1. The molecule has 1 aromatic heterocycles. The van der Waals surface area contributed by atoms with Crippen molar-refractivity contribution < 1.29 is 17.2 Å². The van der Waals surface area contributed by atoms with Crippen molar-refractivity contribution in [2.45, 2.75) is 43.3 Å². The van der Waals surface area contributed by atoms with Crippen LogP contribution in [-0.4, -0.2) is 31.7 Å². The van der Waals surface area contributed by atoms with Gasteiger partial charge in [-0.05, 0) is 81.3 Å². The van der Waals surface area contributed by atoms with Crippen LogP contribution in [0.4, 0.5) is 13.9 Å². The van der Waals surface area contributed by atoms with E-state index in [4.69, 9.17) is 4.98 Å². The Morgan fingerprint density at radius 2 is 1.82 bits per heavy atom. The second kappa shape index (κ2) is 9.71. The lowest BCUT2D eigenvalue weighted by atomic mass is 10.0. The number of halogens is 4. The van der Waals surface area contributed by atoms with Crippen LogP contribution in [0.25, 0.3) is 0 Å². The third kappa shape index (κ3) is 5.04. The van der Waals surface area contributed by atoms with Gasteiger partial charge in [0.05, 0.1) is 19.9 Å². The lowest BCUT2D eigenvalue weighted by molar-refractivity contribution is 0.512. The summed E-state index contributed by atoms with van der Waals surface area (Å²) in [4.78, 5) is 6.20. The van der Waals surface area contributed by atoms with Crippen molar-refractivity contribution in [2.75, 3.05) is 18.0 Å². The van der Waals surface area contributed by atoms with Crippen LogP contribution in [0.3, 0.4) is 0 Å². The molecular weight excluding hydrogens is 598 g/mol. The van der Waals surface area contributed by atoms with Gasteiger partial charge in [-0.15, -0.1) is 11.3 Å². The minimum absolute atomic E-state index is 0.210.